The quantitative estimate of drug-likeness (QED) is 0.876. The van der Waals surface area contributed by atoms with Gasteiger partial charge in [0.1, 0.15) is 0 Å². The average molecular weight is 353 g/mol. The number of piperidine rings is 1. The first-order valence-corrected chi connectivity index (χ1v) is 8.92. The highest BCUT2D eigenvalue weighted by molar-refractivity contribution is 5.85. The van der Waals surface area contributed by atoms with Crippen molar-refractivity contribution in [3.05, 3.63) is 35.9 Å². The lowest BCUT2D eigenvalue weighted by Crippen LogP contribution is -2.46. The van der Waals surface area contributed by atoms with E-state index in [9.17, 15) is 9.90 Å². The smallest absolute Gasteiger partial charge is 0.226 e. The normalized spacial score (nSPS) is 28.2. The van der Waals surface area contributed by atoms with Gasteiger partial charge >= 0.3 is 0 Å². The van der Waals surface area contributed by atoms with Crippen molar-refractivity contribution in [2.75, 3.05) is 13.1 Å². The molecule has 3 rings (SSSR count). The number of aliphatic hydroxyl groups is 1. The van der Waals surface area contributed by atoms with E-state index >= 15 is 0 Å². The first kappa shape index (κ1) is 19.2. The molecule has 0 aromatic heterocycles. The number of likely N-dealkylation sites (tertiary alicyclic amines) is 1. The summed E-state index contributed by atoms with van der Waals surface area (Å²) < 4.78 is 0. The van der Waals surface area contributed by atoms with Gasteiger partial charge in [0, 0.05) is 24.5 Å². The van der Waals surface area contributed by atoms with E-state index in [0.717, 1.165) is 44.3 Å². The van der Waals surface area contributed by atoms with Gasteiger partial charge in [-0.1, -0.05) is 30.3 Å². The highest BCUT2D eigenvalue weighted by Crippen LogP contribution is 2.30. The predicted molar refractivity (Wildman–Crippen MR) is 98.2 cm³/mol. The molecule has 0 bridgehead atoms. The summed E-state index contributed by atoms with van der Waals surface area (Å²) in [6.45, 7) is 3.94. The van der Waals surface area contributed by atoms with Crippen LogP contribution in [0.15, 0.2) is 30.3 Å². The fraction of sp³-hybridized carbons (Fsp3) is 0.632. The maximum absolute atomic E-state index is 12.9. The summed E-state index contributed by atoms with van der Waals surface area (Å²) in [5.41, 5.74) is 0.947. The number of carbonyl (C=O) groups is 1. The van der Waals surface area contributed by atoms with Crippen molar-refractivity contribution in [2.24, 2.45) is 5.92 Å². The van der Waals surface area contributed by atoms with Crippen molar-refractivity contribution >= 4 is 18.3 Å². The maximum Gasteiger partial charge on any atom is 0.226 e. The molecule has 2 N–H and O–H groups in total. The van der Waals surface area contributed by atoms with Crippen LogP contribution in [0, 0.1) is 5.92 Å². The monoisotopic (exact) mass is 352 g/mol. The fourth-order valence-corrected chi connectivity index (χ4v) is 4.03. The summed E-state index contributed by atoms with van der Waals surface area (Å²) in [5, 5.41) is 13.9. The number of hydrogen-bond acceptors (Lipinski definition) is 3. The molecule has 0 radical (unpaired) electrons. The first-order chi connectivity index (χ1) is 11.1. The van der Waals surface area contributed by atoms with Gasteiger partial charge in [0.05, 0.1) is 6.10 Å². The topological polar surface area (TPSA) is 52.6 Å². The summed E-state index contributed by atoms with van der Waals surface area (Å²) >= 11 is 0. The van der Waals surface area contributed by atoms with Crippen LogP contribution < -0.4 is 5.32 Å². The first-order valence-electron chi connectivity index (χ1n) is 8.92. The van der Waals surface area contributed by atoms with E-state index in [0.29, 0.717) is 18.4 Å². The third-order valence-corrected chi connectivity index (χ3v) is 5.31. The van der Waals surface area contributed by atoms with Crippen LogP contribution in [0.4, 0.5) is 0 Å². The molecular formula is C19H29ClN2O2. The summed E-state index contributed by atoms with van der Waals surface area (Å²) in [5.74, 6) is 0.460. The zero-order chi connectivity index (χ0) is 16.2. The zero-order valence-electron chi connectivity index (χ0n) is 14.4. The molecule has 4 atom stereocenters. The standard InChI is InChI=1S/C19H28N2O2.ClH/c1-14-12-16(9-10-20-14)19(23)21-11-5-8-17(21)13-18(22)15-6-3-2-4-7-15;/h2-4,6-7,14,16-18,20,22H,5,8-13H2,1H3;1H/t14-,16-,17?,18?;/m0./s1. The lowest BCUT2D eigenvalue weighted by atomic mass is 9.91. The second kappa shape index (κ2) is 8.84. The molecule has 2 heterocycles. The number of carbonyl (C=O) groups excluding carboxylic acids is 1. The van der Waals surface area contributed by atoms with Crippen molar-refractivity contribution in [2.45, 2.75) is 57.2 Å². The Bertz CT molecular complexity index is 525. The molecular weight excluding hydrogens is 324 g/mol. The number of nitrogens with zero attached hydrogens (tertiary/aromatic N) is 1. The molecule has 24 heavy (non-hydrogen) atoms. The van der Waals surface area contributed by atoms with Crippen LogP contribution in [-0.4, -0.2) is 41.1 Å². The van der Waals surface area contributed by atoms with Crippen molar-refractivity contribution in [1.82, 2.24) is 10.2 Å². The van der Waals surface area contributed by atoms with Crippen LogP contribution in [0.25, 0.3) is 0 Å². The van der Waals surface area contributed by atoms with E-state index in [1.54, 1.807) is 0 Å². The fourth-order valence-electron chi connectivity index (χ4n) is 4.03. The van der Waals surface area contributed by atoms with Gasteiger partial charge in [-0.3, -0.25) is 4.79 Å². The molecule has 1 amide bonds. The van der Waals surface area contributed by atoms with E-state index in [4.69, 9.17) is 0 Å². The van der Waals surface area contributed by atoms with Crippen LogP contribution in [0.3, 0.4) is 0 Å². The van der Waals surface area contributed by atoms with E-state index in [2.05, 4.69) is 17.1 Å². The van der Waals surface area contributed by atoms with E-state index in [1.165, 1.54) is 0 Å². The summed E-state index contributed by atoms with van der Waals surface area (Å²) in [7, 11) is 0. The van der Waals surface area contributed by atoms with Gasteiger partial charge in [0.15, 0.2) is 0 Å². The highest BCUT2D eigenvalue weighted by atomic mass is 35.5. The van der Waals surface area contributed by atoms with E-state index in [1.807, 2.05) is 30.3 Å². The van der Waals surface area contributed by atoms with Crippen LogP contribution in [0.1, 0.15) is 50.7 Å². The lowest BCUT2D eigenvalue weighted by molar-refractivity contribution is -0.138. The molecule has 1 aromatic rings. The molecule has 2 fully saturated rings. The Morgan fingerprint density at radius 3 is 2.79 bits per heavy atom. The van der Waals surface area contributed by atoms with E-state index < -0.39 is 6.10 Å². The van der Waals surface area contributed by atoms with Crippen LogP contribution in [0.2, 0.25) is 0 Å². The maximum atomic E-state index is 12.9. The Hall–Kier alpha value is -1.10. The Morgan fingerprint density at radius 1 is 1.33 bits per heavy atom. The molecule has 0 saturated carbocycles. The Balaban J connectivity index is 0.00000208. The number of hydrogen-bond donors (Lipinski definition) is 2. The number of amides is 1. The second-order valence-corrected chi connectivity index (χ2v) is 7.07. The minimum Gasteiger partial charge on any atom is -0.388 e. The molecule has 2 saturated heterocycles. The molecule has 0 aliphatic carbocycles. The SMILES string of the molecule is C[C@H]1C[C@@H](C(=O)N2CCCC2CC(O)c2ccccc2)CCN1.Cl. The van der Waals surface area contributed by atoms with Gasteiger partial charge in [0.25, 0.3) is 0 Å². The van der Waals surface area contributed by atoms with Gasteiger partial charge in [0.2, 0.25) is 5.91 Å². The minimum atomic E-state index is -0.485. The number of nitrogens with one attached hydrogen (secondary N) is 1. The second-order valence-electron chi connectivity index (χ2n) is 7.07. The highest BCUT2D eigenvalue weighted by Gasteiger charge is 2.35. The average Bonchev–Trinajstić information content (AvgIpc) is 3.03. The molecule has 5 heteroatoms. The lowest BCUT2D eigenvalue weighted by Gasteiger charge is -2.33. The predicted octanol–water partition coefficient (Wildman–Crippen LogP) is 2.91. The van der Waals surface area contributed by atoms with Gasteiger partial charge < -0.3 is 15.3 Å². The number of aliphatic hydroxyl groups excluding tert-OH is 1. The van der Waals surface area contributed by atoms with E-state index in [-0.39, 0.29) is 24.4 Å². The summed E-state index contributed by atoms with van der Waals surface area (Å²) in [4.78, 5) is 14.9. The third kappa shape index (κ3) is 4.50. The largest absolute Gasteiger partial charge is 0.388 e. The molecule has 2 aliphatic rings. The van der Waals surface area contributed by atoms with Crippen molar-refractivity contribution in [1.29, 1.82) is 0 Å². The molecule has 134 valence electrons. The number of rotatable bonds is 4. The van der Waals surface area contributed by atoms with Crippen molar-refractivity contribution < 1.29 is 9.90 Å². The molecule has 4 nitrogen and oxygen atoms in total. The molecule has 2 unspecified atom stereocenters. The number of benzene rings is 1. The third-order valence-electron chi connectivity index (χ3n) is 5.31. The van der Waals surface area contributed by atoms with Gasteiger partial charge in [-0.15, -0.1) is 12.4 Å². The Kier molecular flexibility index (Phi) is 7.08. The van der Waals surface area contributed by atoms with Crippen LogP contribution in [0.5, 0.6) is 0 Å². The Labute approximate surface area is 151 Å². The van der Waals surface area contributed by atoms with Gasteiger partial charge in [-0.05, 0) is 51.1 Å². The van der Waals surface area contributed by atoms with Crippen molar-refractivity contribution in [3.8, 4) is 0 Å². The molecule has 1 aromatic carbocycles. The summed E-state index contributed by atoms with van der Waals surface area (Å²) in [6.07, 6.45) is 4.10. The number of halogens is 1. The van der Waals surface area contributed by atoms with Gasteiger partial charge in [-0.25, -0.2) is 0 Å². The van der Waals surface area contributed by atoms with Crippen LogP contribution in [-0.2, 0) is 4.79 Å². The van der Waals surface area contributed by atoms with Gasteiger partial charge in [-0.2, -0.15) is 0 Å². The van der Waals surface area contributed by atoms with Crippen LogP contribution >= 0.6 is 12.4 Å². The summed E-state index contributed by atoms with van der Waals surface area (Å²) in [6, 6.07) is 10.4. The Morgan fingerprint density at radius 2 is 2.08 bits per heavy atom. The van der Waals surface area contributed by atoms with Crippen molar-refractivity contribution in [3.63, 3.8) is 0 Å². The molecule has 2 aliphatic heterocycles. The zero-order valence-corrected chi connectivity index (χ0v) is 15.2. The minimum absolute atomic E-state index is 0. The molecule has 0 spiro atoms.